The molecule has 0 aliphatic heterocycles. The largest absolute Gasteiger partial charge is 0.478 e. The Labute approximate surface area is 183 Å². The summed E-state index contributed by atoms with van der Waals surface area (Å²) in [7, 11) is -3.18. The molecule has 2 aromatic carbocycles. The average Bonchev–Trinajstić information content (AvgIpc) is 2.97. The molecule has 0 aliphatic carbocycles. The van der Waals surface area contributed by atoms with Crippen LogP contribution >= 0.6 is 0 Å². The van der Waals surface area contributed by atoms with Crippen LogP contribution in [0.25, 0.3) is 5.69 Å². The summed E-state index contributed by atoms with van der Waals surface area (Å²) in [4.78, 5) is 11.1. The second-order valence-corrected chi connectivity index (χ2v) is 8.68. The van der Waals surface area contributed by atoms with E-state index < -0.39 is 27.7 Å². The van der Waals surface area contributed by atoms with Gasteiger partial charge in [-0.2, -0.15) is 13.2 Å². The summed E-state index contributed by atoms with van der Waals surface area (Å²) in [6.45, 7) is 3.07. The number of carboxylic acids is 1. The Bertz CT molecular complexity index is 1220. The molecular weight excluding hydrogens is 447 g/mol. The molecule has 0 amide bonds. The summed E-state index contributed by atoms with van der Waals surface area (Å²) >= 11 is 0. The number of halogens is 3. The minimum Gasteiger partial charge on any atom is -0.478 e. The number of nitrogens with one attached hydrogen (secondary N) is 1. The highest BCUT2D eigenvalue weighted by Gasteiger charge is 2.34. The van der Waals surface area contributed by atoms with E-state index >= 15 is 0 Å². The molecule has 0 aliphatic rings. The Morgan fingerprint density at radius 2 is 1.62 bits per heavy atom. The van der Waals surface area contributed by atoms with Gasteiger partial charge in [0, 0.05) is 22.8 Å². The Kier molecular flexibility index (Phi) is 7.24. The number of anilines is 2. The number of aromatic carboxylic acids is 1. The Morgan fingerprint density at radius 3 is 2.09 bits per heavy atom. The zero-order chi connectivity index (χ0) is 24.3. The summed E-state index contributed by atoms with van der Waals surface area (Å²) in [5, 5.41) is 9.04. The third-order valence-corrected chi connectivity index (χ3v) is 4.93. The molecule has 0 bridgehead atoms. The number of para-hydroxylation sites is 1. The molecule has 0 atom stereocenters. The number of sulfonamides is 1. The fraction of sp³-hybridized carbons (Fsp3) is 0.190. The number of hydrogen-bond acceptors (Lipinski definition) is 4. The lowest BCUT2D eigenvalue weighted by molar-refractivity contribution is -0.137. The van der Waals surface area contributed by atoms with E-state index in [9.17, 15) is 26.4 Å². The van der Waals surface area contributed by atoms with Crippen LogP contribution in [0, 0.1) is 13.8 Å². The van der Waals surface area contributed by atoms with Gasteiger partial charge in [-0.15, -0.1) is 0 Å². The van der Waals surface area contributed by atoms with Gasteiger partial charge in [0.2, 0.25) is 10.0 Å². The van der Waals surface area contributed by atoms with Crippen molar-refractivity contribution in [2.45, 2.75) is 20.0 Å². The summed E-state index contributed by atoms with van der Waals surface area (Å²) in [6, 6.07) is 12.9. The highest BCUT2D eigenvalue weighted by molar-refractivity contribution is 7.92. The number of nitrogens with zero attached hydrogens (tertiary/aromatic N) is 1. The second kappa shape index (κ2) is 9.35. The van der Waals surface area contributed by atoms with Crippen LogP contribution in [0.3, 0.4) is 0 Å². The minimum atomic E-state index is -4.50. The van der Waals surface area contributed by atoms with E-state index in [1.54, 1.807) is 31.2 Å². The van der Waals surface area contributed by atoms with Gasteiger partial charge < -0.3 is 15.4 Å². The molecule has 32 heavy (non-hydrogen) atoms. The highest BCUT2D eigenvalue weighted by atomic mass is 32.2. The molecule has 11 heteroatoms. The van der Waals surface area contributed by atoms with Crippen molar-refractivity contribution < 1.29 is 31.5 Å². The molecule has 0 unspecified atom stereocenters. The number of aryl methyl sites for hydroxylation is 1. The molecule has 0 radical (unpaired) electrons. The lowest BCUT2D eigenvalue weighted by Gasteiger charge is -2.16. The van der Waals surface area contributed by atoms with Gasteiger partial charge in [-0.05, 0) is 56.3 Å². The SMILES string of the molecule is CS(=O)(=O)Nc1ccc(N)cc1.Cc1cc(C(=O)O)c(C)n1-c1ccccc1C(F)(F)F. The van der Waals surface area contributed by atoms with Crippen LogP contribution in [0.4, 0.5) is 24.5 Å². The quantitative estimate of drug-likeness (QED) is 0.489. The summed E-state index contributed by atoms with van der Waals surface area (Å²) in [6.07, 6.45) is -3.40. The van der Waals surface area contributed by atoms with Crippen LogP contribution in [0.5, 0.6) is 0 Å². The molecule has 0 saturated heterocycles. The number of benzene rings is 2. The fourth-order valence-corrected chi connectivity index (χ4v) is 3.59. The van der Waals surface area contributed by atoms with Gasteiger partial charge in [-0.25, -0.2) is 13.2 Å². The van der Waals surface area contributed by atoms with E-state index in [0.29, 0.717) is 17.1 Å². The van der Waals surface area contributed by atoms with Crippen LogP contribution < -0.4 is 10.5 Å². The number of nitrogens with two attached hydrogens (primary N) is 1. The zero-order valence-electron chi connectivity index (χ0n) is 17.4. The second-order valence-electron chi connectivity index (χ2n) is 6.94. The Hall–Kier alpha value is -3.47. The van der Waals surface area contributed by atoms with Gasteiger partial charge in [0.25, 0.3) is 0 Å². The normalized spacial score (nSPS) is 11.4. The van der Waals surface area contributed by atoms with Crippen LogP contribution in [-0.4, -0.2) is 30.3 Å². The van der Waals surface area contributed by atoms with Crippen molar-refractivity contribution in [3.05, 3.63) is 77.1 Å². The van der Waals surface area contributed by atoms with E-state index in [0.717, 1.165) is 12.3 Å². The van der Waals surface area contributed by atoms with Gasteiger partial charge in [-0.3, -0.25) is 4.72 Å². The number of carboxylic acid groups (broad SMARTS) is 1. The van der Waals surface area contributed by atoms with Gasteiger partial charge in [-0.1, -0.05) is 12.1 Å². The van der Waals surface area contributed by atoms with Gasteiger partial charge >= 0.3 is 12.1 Å². The van der Waals surface area contributed by atoms with Crippen molar-refractivity contribution in [1.29, 1.82) is 0 Å². The number of hydrogen-bond donors (Lipinski definition) is 3. The van der Waals surface area contributed by atoms with Crippen molar-refractivity contribution in [2.75, 3.05) is 16.7 Å². The van der Waals surface area contributed by atoms with E-state index in [1.807, 2.05) is 0 Å². The molecule has 0 spiro atoms. The molecule has 1 heterocycles. The summed E-state index contributed by atoms with van der Waals surface area (Å²) < 4.78 is 64.2. The van der Waals surface area contributed by atoms with E-state index in [4.69, 9.17) is 10.8 Å². The first-order valence-electron chi connectivity index (χ1n) is 9.13. The minimum absolute atomic E-state index is 0.000484. The third-order valence-electron chi connectivity index (χ3n) is 4.33. The van der Waals surface area contributed by atoms with E-state index in [1.165, 1.54) is 35.8 Å². The third kappa shape index (κ3) is 6.27. The maximum atomic E-state index is 13.0. The molecule has 3 aromatic rings. The average molecular weight is 469 g/mol. The van der Waals surface area contributed by atoms with Crippen LogP contribution in [-0.2, 0) is 16.2 Å². The van der Waals surface area contributed by atoms with Crippen molar-refractivity contribution in [3.63, 3.8) is 0 Å². The lowest BCUT2D eigenvalue weighted by Crippen LogP contribution is -2.12. The standard InChI is InChI=1S/C14H12F3NO2.C7H10N2O2S/c1-8-7-10(13(19)20)9(2)18(8)12-6-4-3-5-11(12)14(15,16)17;1-12(10,11)9-7-4-2-6(8)3-5-7/h3-7H,1-2H3,(H,19,20);2-5,9H,8H2,1H3. The van der Waals surface area contributed by atoms with Crippen LogP contribution in [0.1, 0.15) is 27.3 Å². The van der Waals surface area contributed by atoms with E-state index in [2.05, 4.69) is 4.72 Å². The predicted molar refractivity (Wildman–Crippen MR) is 117 cm³/mol. The Morgan fingerprint density at radius 1 is 1.06 bits per heavy atom. The summed E-state index contributed by atoms with van der Waals surface area (Å²) in [5.74, 6) is -1.16. The molecular formula is C21H22F3N3O4S. The summed E-state index contributed by atoms with van der Waals surface area (Å²) in [5.41, 5.74) is 6.39. The topological polar surface area (TPSA) is 114 Å². The molecule has 1 aromatic heterocycles. The predicted octanol–water partition coefficient (Wildman–Crippen LogP) is 4.45. The number of aromatic nitrogens is 1. The smallest absolute Gasteiger partial charge is 0.418 e. The van der Waals surface area contributed by atoms with Crippen LogP contribution in [0.2, 0.25) is 0 Å². The Balaban J connectivity index is 0.000000258. The molecule has 4 N–H and O–H groups in total. The molecule has 3 rings (SSSR count). The van der Waals surface area contributed by atoms with Gasteiger partial charge in [0.1, 0.15) is 0 Å². The monoisotopic (exact) mass is 469 g/mol. The molecule has 7 nitrogen and oxygen atoms in total. The lowest BCUT2D eigenvalue weighted by atomic mass is 10.1. The number of carbonyl (C=O) groups is 1. The number of alkyl halides is 3. The molecule has 172 valence electrons. The van der Waals surface area contributed by atoms with Crippen molar-refractivity contribution in [1.82, 2.24) is 4.57 Å². The van der Waals surface area contributed by atoms with Crippen molar-refractivity contribution in [3.8, 4) is 5.69 Å². The number of nitrogen functional groups attached to an aromatic ring is 1. The fourth-order valence-electron chi connectivity index (χ4n) is 3.02. The molecule has 0 saturated carbocycles. The first-order chi connectivity index (χ1) is 14.7. The highest BCUT2D eigenvalue weighted by Crippen LogP contribution is 2.35. The van der Waals surface area contributed by atoms with Gasteiger partial charge in [0.05, 0.1) is 23.1 Å². The number of rotatable bonds is 4. The van der Waals surface area contributed by atoms with E-state index in [-0.39, 0.29) is 16.9 Å². The van der Waals surface area contributed by atoms with Crippen molar-refractivity contribution >= 4 is 27.4 Å². The first-order valence-corrected chi connectivity index (χ1v) is 11.0. The van der Waals surface area contributed by atoms with Crippen molar-refractivity contribution in [2.24, 2.45) is 0 Å². The maximum absolute atomic E-state index is 13.0. The first kappa shape index (κ1) is 24.8. The van der Waals surface area contributed by atoms with Gasteiger partial charge in [0.15, 0.2) is 0 Å². The van der Waals surface area contributed by atoms with Crippen LogP contribution in [0.15, 0.2) is 54.6 Å². The zero-order valence-corrected chi connectivity index (χ0v) is 18.3. The molecule has 0 fully saturated rings. The maximum Gasteiger partial charge on any atom is 0.418 e.